The van der Waals surface area contributed by atoms with E-state index in [1.54, 1.807) is 18.2 Å². The maximum absolute atomic E-state index is 12.7. The molecule has 2 aromatic rings. The molecule has 1 aromatic heterocycles. The van der Waals surface area contributed by atoms with Crippen LogP contribution in [0.1, 0.15) is 34.5 Å². The molecule has 5 N–H and O–H groups in total. The third-order valence-electron chi connectivity index (χ3n) is 4.04. The van der Waals surface area contributed by atoms with Gasteiger partial charge in [-0.05, 0) is 43.2 Å². The van der Waals surface area contributed by atoms with Gasteiger partial charge in [0.15, 0.2) is 5.84 Å². The molecular formula is C19H20F3N5O3. The van der Waals surface area contributed by atoms with E-state index in [0.29, 0.717) is 31.1 Å². The molecule has 160 valence electrons. The molecule has 8 nitrogen and oxygen atoms in total. The first-order chi connectivity index (χ1) is 14.1. The number of hydrogen-bond acceptors (Lipinski definition) is 6. The Kier molecular flexibility index (Phi) is 7.34. The third-order valence-corrected chi connectivity index (χ3v) is 4.04. The zero-order valence-corrected chi connectivity index (χ0v) is 15.7. The van der Waals surface area contributed by atoms with E-state index in [0.717, 1.165) is 18.5 Å². The molecule has 0 radical (unpaired) electrons. The van der Waals surface area contributed by atoms with Gasteiger partial charge in [0.2, 0.25) is 0 Å². The minimum atomic E-state index is -4.65. The molecule has 2 rings (SSSR count). The van der Waals surface area contributed by atoms with E-state index in [9.17, 15) is 18.0 Å². The summed E-state index contributed by atoms with van der Waals surface area (Å²) >= 11 is 0. The number of halogens is 3. The second kappa shape index (κ2) is 9.72. The van der Waals surface area contributed by atoms with Crippen LogP contribution in [0.5, 0.6) is 5.75 Å². The lowest BCUT2D eigenvalue weighted by molar-refractivity contribution is -0.137. The Bertz CT molecular complexity index is 934. The number of alkyl halides is 3. The van der Waals surface area contributed by atoms with Crippen molar-refractivity contribution < 1.29 is 27.8 Å². The fourth-order valence-electron chi connectivity index (χ4n) is 2.54. The Balaban J connectivity index is 1.90. The van der Waals surface area contributed by atoms with Crippen LogP contribution in [0.25, 0.3) is 0 Å². The van der Waals surface area contributed by atoms with Crippen LogP contribution < -0.4 is 10.5 Å². The zero-order chi connectivity index (χ0) is 22.3. The number of unbranched alkanes of at least 4 members (excludes halogenated alkanes) is 1. The van der Waals surface area contributed by atoms with Crippen molar-refractivity contribution in [2.75, 3.05) is 18.9 Å². The lowest BCUT2D eigenvalue weighted by Gasteiger charge is -2.19. The largest absolute Gasteiger partial charge is 0.493 e. The van der Waals surface area contributed by atoms with E-state index >= 15 is 0 Å². The topological polar surface area (TPSA) is 136 Å². The summed E-state index contributed by atoms with van der Waals surface area (Å²) in [6.45, 7) is 0.350. The van der Waals surface area contributed by atoms with Crippen LogP contribution in [0, 0.1) is 10.8 Å². The zero-order valence-electron chi connectivity index (χ0n) is 15.7. The number of aromatic carboxylic acids is 1. The minimum absolute atomic E-state index is 0.00544. The summed E-state index contributed by atoms with van der Waals surface area (Å²) in [5.74, 6) is -1.43. The number of aromatic nitrogens is 1. The number of carboxylic acids is 1. The molecule has 1 aromatic carbocycles. The van der Waals surface area contributed by atoms with Crippen LogP contribution in [0.15, 0.2) is 36.4 Å². The highest BCUT2D eigenvalue weighted by atomic mass is 19.4. The second-order valence-electron chi connectivity index (χ2n) is 6.19. The molecule has 0 spiro atoms. The Morgan fingerprint density at radius 2 is 2.00 bits per heavy atom. The van der Waals surface area contributed by atoms with Gasteiger partial charge >= 0.3 is 12.1 Å². The van der Waals surface area contributed by atoms with Crippen LogP contribution in [-0.4, -0.2) is 46.3 Å². The number of anilines is 1. The SMILES string of the molecule is N=CN(CCCCOc1ccc(C(F)(F)F)cc1C(=O)O)C(=N)c1cccc(N)n1. The average molecular weight is 423 g/mol. The van der Waals surface area contributed by atoms with E-state index in [4.69, 9.17) is 26.4 Å². The van der Waals surface area contributed by atoms with Crippen molar-refractivity contribution >= 4 is 24.0 Å². The number of amidine groups is 1. The number of pyridine rings is 1. The molecule has 0 amide bonds. The van der Waals surface area contributed by atoms with Gasteiger partial charge in [0.1, 0.15) is 22.8 Å². The van der Waals surface area contributed by atoms with Crippen LogP contribution in [-0.2, 0) is 6.18 Å². The summed E-state index contributed by atoms with van der Waals surface area (Å²) in [4.78, 5) is 16.6. The minimum Gasteiger partial charge on any atom is -0.493 e. The van der Waals surface area contributed by atoms with Gasteiger partial charge < -0.3 is 20.5 Å². The molecule has 1 heterocycles. The first kappa shape index (κ1) is 22.7. The van der Waals surface area contributed by atoms with Crippen molar-refractivity contribution in [1.29, 1.82) is 10.8 Å². The van der Waals surface area contributed by atoms with Crippen molar-refractivity contribution in [2.24, 2.45) is 0 Å². The molecule has 0 aliphatic carbocycles. The molecule has 0 aliphatic heterocycles. The number of nitrogens with zero attached hydrogens (tertiary/aromatic N) is 2. The molecule has 11 heteroatoms. The van der Waals surface area contributed by atoms with Crippen LogP contribution in [0.3, 0.4) is 0 Å². The Labute approximate surface area is 170 Å². The van der Waals surface area contributed by atoms with Crippen LogP contribution >= 0.6 is 0 Å². The Morgan fingerprint density at radius 3 is 2.60 bits per heavy atom. The number of carbonyl (C=O) groups is 1. The van der Waals surface area contributed by atoms with E-state index in [1.165, 1.54) is 4.90 Å². The Morgan fingerprint density at radius 1 is 1.27 bits per heavy atom. The van der Waals surface area contributed by atoms with Gasteiger partial charge in [-0.25, -0.2) is 9.78 Å². The fraction of sp³-hybridized carbons (Fsp3) is 0.263. The van der Waals surface area contributed by atoms with Gasteiger partial charge in [-0.2, -0.15) is 13.2 Å². The molecule has 30 heavy (non-hydrogen) atoms. The van der Waals surface area contributed by atoms with Gasteiger partial charge in [0.25, 0.3) is 0 Å². The number of rotatable bonds is 9. The second-order valence-corrected chi connectivity index (χ2v) is 6.19. The highest BCUT2D eigenvalue weighted by molar-refractivity contribution is 6.00. The number of ether oxygens (including phenoxy) is 1. The predicted octanol–water partition coefficient (Wildman–Crippen LogP) is 3.47. The lowest BCUT2D eigenvalue weighted by atomic mass is 10.1. The summed E-state index contributed by atoms with van der Waals surface area (Å²) in [7, 11) is 0. The quantitative estimate of drug-likeness (QED) is 0.277. The number of nitrogens with one attached hydrogen (secondary N) is 2. The monoisotopic (exact) mass is 423 g/mol. The first-order valence-corrected chi connectivity index (χ1v) is 8.79. The molecule has 0 unspecified atom stereocenters. The maximum Gasteiger partial charge on any atom is 0.416 e. The molecule has 0 aliphatic rings. The van der Waals surface area contributed by atoms with Gasteiger partial charge in [-0.3, -0.25) is 10.8 Å². The van der Waals surface area contributed by atoms with E-state index < -0.39 is 23.3 Å². The third kappa shape index (κ3) is 5.93. The molecule has 0 saturated heterocycles. The smallest absolute Gasteiger partial charge is 0.416 e. The average Bonchev–Trinajstić information content (AvgIpc) is 2.69. The lowest BCUT2D eigenvalue weighted by Crippen LogP contribution is -2.31. The standard InChI is InChI=1S/C19H20F3N5O3/c20-19(21,22)12-6-7-15(13(10-12)18(28)29)30-9-2-1-8-27(11-23)17(25)14-4-3-5-16(24)26-14/h3-7,10-11,23,25H,1-2,8-9H2,(H2,24,26)(H,28,29). The van der Waals surface area contributed by atoms with Gasteiger partial charge in [-0.1, -0.05) is 6.07 Å². The molecule has 0 fully saturated rings. The van der Waals surface area contributed by atoms with Crippen molar-refractivity contribution in [1.82, 2.24) is 9.88 Å². The molecule has 0 atom stereocenters. The summed E-state index contributed by atoms with van der Waals surface area (Å²) in [6, 6.07) is 7.10. The van der Waals surface area contributed by atoms with Gasteiger partial charge in [0.05, 0.1) is 18.5 Å². The highest BCUT2D eigenvalue weighted by Gasteiger charge is 2.32. The number of carboxylic acid groups (broad SMARTS) is 1. The summed E-state index contributed by atoms with van der Waals surface area (Å²) < 4.78 is 43.6. The van der Waals surface area contributed by atoms with Crippen molar-refractivity contribution in [2.45, 2.75) is 19.0 Å². The molecule has 0 saturated carbocycles. The van der Waals surface area contributed by atoms with Gasteiger partial charge in [0, 0.05) is 6.54 Å². The van der Waals surface area contributed by atoms with E-state index in [2.05, 4.69) is 4.98 Å². The molecule has 0 bridgehead atoms. The number of hydrogen-bond donors (Lipinski definition) is 4. The molecular weight excluding hydrogens is 403 g/mol. The van der Waals surface area contributed by atoms with Crippen molar-refractivity contribution in [3.05, 3.63) is 53.2 Å². The van der Waals surface area contributed by atoms with Crippen LogP contribution in [0.4, 0.5) is 19.0 Å². The van der Waals surface area contributed by atoms with Crippen molar-refractivity contribution in [3.8, 4) is 5.75 Å². The fourth-order valence-corrected chi connectivity index (χ4v) is 2.54. The predicted molar refractivity (Wildman–Crippen MR) is 104 cm³/mol. The normalized spacial score (nSPS) is 11.0. The van der Waals surface area contributed by atoms with Crippen molar-refractivity contribution in [3.63, 3.8) is 0 Å². The number of nitrogens with two attached hydrogens (primary N) is 1. The number of benzene rings is 1. The number of nitrogen functional groups attached to an aromatic ring is 1. The van der Waals surface area contributed by atoms with E-state index in [-0.39, 0.29) is 24.0 Å². The van der Waals surface area contributed by atoms with E-state index in [1.807, 2.05) is 0 Å². The summed E-state index contributed by atoms with van der Waals surface area (Å²) in [6.07, 6.45) is -2.78. The highest BCUT2D eigenvalue weighted by Crippen LogP contribution is 2.32. The van der Waals surface area contributed by atoms with Crippen LogP contribution in [0.2, 0.25) is 0 Å². The first-order valence-electron chi connectivity index (χ1n) is 8.79. The van der Waals surface area contributed by atoms with Gasteiger partial charge in [-0.15, -0.1) is 0 Å². The maximum atomic E-state index is 12.7. The Hall–Kier alpha value is -3.63. The summed E-state index contributed by atoms with van der Waals surface area (Å²) in [5, 5.41) is 24.7. The summed E-state index contributed by atoms with van der Waals surface area (Å²) in [5.41, 5.74) is 4.27.